The van der Waals surface area contributed by atoms with Crippen molar-refractivity contribution in [3.8, 4) is 0 Å². The Morgan fingerprint density at radius 2 is 1.91 bits per heavy atom. The van der Waals surface area contributed by atoms with Gasteiger partial charge >= 0.3 is 12.2 Å². The van der Waals surface area contributed by atoms with Crippen molar-refractivity contribution < 1.29 is 22.8 Å². The lowest BCUT2D eigenvalue weighted by atomic mass is 9.95. The van der Waals surface area contributed by atoms with Crippen molar-refractivity contribution in [2.75, 3.05) is 32.7 Å². The number of carbonyl (C=O) groups excluding carboxylic acids is 2. The van der Waals surface area contributed by atoms with Gasteiger partial charge in [0.25, 0.3) is 0 Å². The number of hydrogen-bond donors (Lipinski definition) is 2. The molecule has 0 aromatic carbocycles. The van der Waals surface area contributed by atoms with Crippen molar-refractivity contribution in [1.82, 2.24) is 15.1 Å². The predicted molar refractivity (Wildman–Crippen MR) is 77.5 cm³/mol. The zero-order chi connectivity index (χ0) is 17.0. The Morgan fingerprint density at radius 1 is 1.17 bits per heavy atom. The standard InChI is InChI=1S/C14H23F3N4O2/c15-14(16,17)9-20-5-3-11(8-20)19-13(23)21-4-1-2-10(7-21)6-12(18)22/h10-11H,1-9H2,(H2,18,22)(H,19,23)/t10-,11+/m1/s1. The maximum atomic E-state index is 12.4. The number of likely N-dealkylation sites (tertiary alicyclic amines) is 2. The van der Waals surface area contributed by atoms with Gasteiger partial charge in [-0.15, -0.1) is 0 Å². The van der Waals surface area contributed by atoms with Gasteiger partial charge in [-0.2, -0.15) is 13.2 Å². The third-order valence-corrected chi connectivity index (χ3v) is 4.30. The van der Waals surface area contributed by atoms with E-state index in [9.17, 15) is 22.8 Å². The summed E-state index contributed by atoms with van der Waals surface area (Å²) in [4.78, 5) is 26.1. The fraction of sp³-hybridized carbons (Fsp3) is 0.857. The maximum absolute atomic E-state index is 12.4. The van der Waals surface area contributed by atoms with Crippen LogP contribution in [-0.2, 0) is 4.79 Å². The van der Waals surface area contributed by atoms with E-state index in [4.69, 9.17) is 5.73 Å². The second-order valence-electron chi connectivity index (χ2n) is 6.41. The molecule has 0 unspecified atom stereocenters. The van der Waals surface area contributed by atoms with Crippen LogP contribution in [0.3, 0.4) is 0 Å². The summed E-state index contributed by atoms with van der Waals surface area (Å²) in [5, 5.41) is 2.80. The number of alkyl halides is 3. The maximum Gasteiger partial charge on any atom is 0.401 e. The summed E-state index contributed by atoms with van der Waals surface area (Å²) in [5.41, 5.74) is 5.19. The van der Waals surface area contributed by atoms with Gasteiger partial charge in [0, 0.05) is 38.6 Å². The molecule has 2 aliphatic rings. The van der Waals surface area contributed by atoms with Crippen molar-refractivity contribution in [1.29, 1.82) is 0 Å². The Morgan fingerprint density at radius 3 is 2.57 bits per heavy atom. The average Bonchev–Trinajstić information content (AvgIpc) is 2.83. The molecular weight excluding hydrogens is 313 g/mol. The molecule has 9 heteroatoms. The van der Waals surface area contributed by atoms with E-state index in [0.29, 0.717) is 26.1 Å². The number of nitrogens with two attached hydrogens (primary N) is 1. The van der Waals surface area contributed by atoms with Crippen molar-refractivity contribution in [2.24, 2.45) is 11.7 Å². The Labute approximate surface area is 133 Å². The monoisotopic (exact) mass is 336 g/mol. The number of hydrogen-bond acceptors (Lipinski definition) is 3. The second kappa shape index (κ2) is 7.37. The van der Waals surface area contributed by atoms with Crippen LogP contribution in [0.2, 0.25) is 0 Å². The molecule has 2 atom stereocenters. The Balaban J connectivity index is 1.77. The first-order valence-electron chi connectivity index (χ1n) is 7.86. The normalized spacial score (nSPS) is 26.3. The number of carbonyl (C=O) groups is 2. The zero-order valence-corrected chi connectivity index (χ0v) is 12.9. The fourth-order valence-electron chi connectivity index (χ4n) is 3.31. The minimum Gasteiger partial charge on any atom is -0.370 e. The highest BCUT2D eigenvalue weighted by atomic mass is 19.4. The molecule has 3 amide bonds. The highest BCUT2D eigenvalue weighted by Crippen LogP contribution is 2.21. The van der Waals surface area contributed by atoms with E-state index in [0.717, 1.165) is 12.8 Å². The van der Waals surface area contributed by atoms with Gasteiger partial charge in [0.1, 0.15) is 0 Å². The first-order chi connectivity index (χ1) is 10.7. The molecule has 23 heavy (non-hydrogen) atoms. The van der Waals surface area contributed by atoms with E-state index in [1.807, 2.05) is 0 Å². The molecule has 2 saturated heterocycles. The van der Waals surface area contributed by atoms with Crippen LogP contribution in [0.5, 0.6) is 0 Å². The number of nitrogens with one attached hydrogen (secondary N) is 1. The summed E-state index contributed by atoms with van der Waals surface area (Å²) in [6.45, 7) is 0.663. The Hall–Kier alpha value is -1.51. The van der Waals surface area contributed by atoms with Crippen LogP contribution in [0, 0.1) is 5.92 Å². The largest absolute Gasteiger partial charge is 0.401 e. The first-order valence-corrected chi connectivity index (χ1v) is 7.86. The van der Waals surface area contributed by atoms with Crippen LogP contribution >= 0.6 is 0 Å². The summed E-state index contributed by atoms with van der Waals surface area (Å²) in [6.07, 6.45) is -1.79. The van der Waals surface area contributed by atoms with Crippen molar-refractivity contribution >= 4 is 11.9 Å². The molecule has 0 aliphatic carbocycles. The Kier molecular flexibility index (Phi) is 5.72. The summed E-state index contributed by atoms with van der Waals surface area (Å²) >= 11 is 0. The molecule has 2 heterocycles. The van der Waals surface area contributed by atoms with Crippen LogP contribution in [-0.4, -0.2) is 66.7 Å². The van der Waals surface area contributed by atoms with Crippen molar-refractivity contribution in [2.45, 2.75) is 37.9 Å². The van der Waals surface area contributed by atoms with Crippen LogP contribution in [0.1, 0.15) is 25.7 Å². The predicted octanol–water partition coefficient (Wildman–Crippen LogP) is 0.920. The molecule has 0 aromatic rings. The molecule has 6 nitrogen and oxygen atoms in total. The lowest BCUT2D eigenvalue weighted by molar-refractivity contribution is -0.143. The van der Waals surface area contributed by atoms with Gasteiger partial charge in [-0.25, -0.2) is 4.79 Å². The summed E-state index contributed by atoms with van der Waals surface area (Å²) < 4.78 is 37.1. The molecule has 0 aromatic heterocycles. The lowest BCUT2D eigenvalue weighted by Crippen LogP contribution is -2.49. The smallest absolute Gasteiger partial charge is 0.370 e. The Bertz CT molecular complexity index is 444. The van der Waals surface area contributed by atoms with Gasteiger partial charge in [-0.1, -0.05) is 0 Å². The quantitative estimate of drug-likeness (QED) is 0.801. The molecule has 0 bridgehead atoms. The highest BCUT2D eigenvalue weighted by Gasteiger charge is 2.35. The molecule has 2 fully saturated rings. The van der Waals surface area contributed by atoms with Crippen LogP contribution < -0.4 is 11.1 Å². The van der Waals surface area contributed by atoms with Crippen molar-refractivity contribution in [3.63, 3.8) is 0 Å². The number of primary amides is 1. The van der Waals surface area contributed by atoms with Gasteiger partial charge in [0.05, 0.1) is 6.54 Å². The fourth-order valence-corrected chi connectivity index (χ4v) is 3.31. The summed E-state index contributed by atoms with van der Waals surface area (Å²) in [5.74, 6) is -0.312. The van der Waals surface area contributed by atoms with E-state index in [1.165, 1.54) is 4.90 Å². The molecule has 2 aliphatic heterocycles. The topological polar surface area (TPSA) is 78.7 Å². The average molecular weight is 336 g/mol. The highest BCUT2D eigenvalue weighted by molar-refractivity contribution is 5.76. The molecule has 132 valence electrons. The van der Waals surface area contributed by atoms with Crippen molar-refractivity contribution in [3.05, 3.63) is 0 Å². The molecule has 3 N–H and O–H groups in total. The van der Waals surface area contributed by atoms with E-state index >= 15 is 0 Å². The van der Waals surface area contributed by atoms with Gasteiger partial charge in [-0.3, -0.25) is 9.69 Å². The number of rotatable bonds is 4. The summed E-state index contributed by atoms with van der Waals surface area (Å²) in [6, 6.07) is -0.528. The minimum absolute atomic E-state index is 0.0669. The first kappa shape index (κ1) is 17.8. The molecule has 0 saturated carbocycles. The van der Waals surface area contributed by atoms with E-state index in [2.05, 4.69) is 5.32 Å². The van der Waals surface area contributed by atoms with E-state index in [-0.39, 0.29) is 36.9 Å². The molecular formula is C14H23F3N4O2. The molecule has 0 radical (unpaired) electrons. The number of nitrogens with zero attached hydrogens (tertiary/aromatic N) is 2. The SMILES string of the molecule is NC(=O)C[C@H]1CCCN(C(=O)N[C@H]2CCN(CC(F)(F)F)C2)C1. The van der Waals surface area contributed by atoms with E-state index in [1.54, 1.807) is 4.90 Å². The second-order valence-corrected chi connectivity index (χ2v) is 6.41. The van der Waals surface area contributed by atoms with E-state index < -0.39 is 12.7 Å². The number of urea groups is 1. The number of amides is 3. The number of halogens is 3. The van der Waals surface area contributed by atoms with Gasteiger partial charge in [-0.05, 0) is 25.2 Å². The summed E-state index contributed by atoms with van der Waals surface area (Å²) in [7, 11) is 0. The van der Waals surface area contributed by atoms with Gasteiger partial charge in [0.15, 0.2) is 0 Å². The van der Waals surface area contributed by atoms with Crippen LogP contribution in [0.25, 0.3) is 0 Å². The van der Waals surface area contributed by atoms with Gasteiger partial charge < -0.3 is 16.0 Å². The molecule has 2 rings (SSSR count). The third kappa shape index (κ3) is 5.89. The van der Waals surface area contributed by atoms with Gasteiger partial charge in [0.2, 0.25) is 5.91 Å². The number of piperidine rings is 1. The third-order valence-electron chi connectivity index (χ3n) is 4.30. The van der Waals surface area contributed by atoms with Crippen LogP contribution in [0.15, 0.2) is 0 Å². The molecule has 0 spiro atoms. The lowest BCUT2D eigenvalue weighted by Gasteiger charge is -2.33. The minimum atomic E-state index is -4.21. The zero-order valence-electron chi connectivity index (χ0n) is 12.9. The van der Waals surface area contributed by atoms with Crippen LogP contribution in [0.4, 0.5) is 18.0 Å².